The van der Waals surface area contributed by atoms with Gasteiger partial charge in [-0.25, -0.2) is 0 Å². The van der Waals surface area contributed by atoms with Gasteiger partial charge in [0.15, 0.2) is 0 Å². The number of amides is 3. The van der Waals surface area contributed by atoms with Gasteiger partial charge in [0.1, 0.15) is 12.1 Å². The maximum atomic E-state index is 11.8. The average Bonchev–Trinajstić information content (AvgIpc) is 2.27. The van der Waals surface area contributed by atoms with Crippen LogP contribution in [0.4, 0.5) is 0 Å². The summed E-state index contributed by atoms with van der Waals surface area (Å²) in [5.74, 6) is -1.11. The Labute approximate surface area is 113 Å². The van der Waals surface area contributed by atoms with Crippen LogP contribution in [0.25, 0.3) is 0 Å². The van der Waals surface area contributed by atoms with Gasteiger partial charge >= 0.3 is 0 Å². The first kappa shape index (κ1) is 17.4. The van der Waals surface area contributed by atoms with Crippen LogP contribution in [0, 0.1) is 0 Å². The number of carbonyl (C=O) groups excluding carboxylic acids is 3. The molecule has 0 aromatic heterocycles. The molecule has 0 unspecified atom stereocenters. The van der Waals surface area contributed by atoms with Crippen molar-refractivity contribution in [3.05, 3.63) is 0 Å². The number of nitrogens with two attached hydrogens (primary N) is 1. The SMILES string of the molecule is CC(C)NC(=O)[C@H](C)NC(=O)[C@H](C)NC(=O)[C@H](C)N. The van der Waals surface area contributed by atoms with E-state index in [9.17, 15) is 14.4 Å². The van der Waals surface area contributed by atoms with Crippen LogP contribution in [0.3, 0.4) is 0 Å². The van der Waals surface area contributed by atoms with Gasteiger partial charge < -0.3 is 21.7 Å². The standard InChI is InChI=1S/C12H24N4O3/c1-6(2)14-11(18)8(4)16-12(19)9(5)15-10(17)7(3)13/h6-9H,13H2,1-5H3,(H,14,18)(H,15,17)(H,16,19)/t7-,8-,9-/m0/s1. The molecule has 0 aliphatic rings. The first-order valence-electron chi connectivity index (χ1n) is 6.31. The van der Waals surface area contributed by atoms with Gasteiger partial charge in [-0.2, -0.15) is 0 Å². The van der Waals surface area contributed by atoms with Gasteiger partial charge in [0.2, 0.25) is 17.7 Å². The molecule has 3 amide bonds. The zero-order chi connectivity index (χ0) is 15.2. The Morgan fingerprint density at radius 3 is 1.47 bits per heavy atom. The van der Waals surface area contributed by atoms with Crippen molar-refractivity contribution < 1.29 is 14.4 Å². The Kier molecular flexibility index (Phi) is 7.06. The molecule has 0 rings (SSSR count). The lowest BCUT2D eigenvalue weighted by Gasteiger charge is -2.19. The molecule has 0 heterocycles. The molecule has 0 saturated carbocycles. The van der Waals surface area contributed by atoms with Crippen molar-refractivity contribution >= 4 is 17.7 Å². The average molecular weight is 272 g/mol. The lowest BCUT2D eigenvalue weighted by atomic mass is 10.2. The Morgan fingerprint density at radius 1 is 0.737 bits per heavy atom. The summed E-state index contributed by atoms with van der Waals surface area (Å²) in [7, 11) is 0. The number of carbonyl (C=O) groups is 3. The monoisotopic (exact) mass is 272 g/mol. The van der Waals surface area contributed by atoms with E-state index in [1.807, 2.05) is 13.8 Å². The van der Waals surface area contributed by atoms with Gasteiger partial charge in [-0.05, 0) is 34.6 Å². The van der Waals surface area contributed by atoms with Crippen molar-refractivity contribution in [3.63, 3.8) is 0 Å². The van der Waals surface area contributed by atoms with Crippen molar-refractivity contribution in [3.8, 4) is 0 Å². The molecule has 7 nitrogen and oxygen atoms in total. The quantitative estimate of drug-likeness (QED) is 0.490. The molecule has 19 heavy (non-hydrogen) atoms. The normalized spacial score (nSPS) is 15.3. The fraction of sp³-hybridized carbons (Fsp3) is 0.750. The molecule has 3 atom stereocenters. The van der Waals surface area contributed by atoms with Gasteiger partial charge in [-0.15, -0.1) is 0 Å². The number of hydrogen-bond donors (Lipinski definition) is 4. The van der Waals surface area contributed by atoms with Crippen LogP contribution in [0.2, 0.25) is 0 Å². The van der Waals surface area contributed by atoms with Gasteiger partial charge in [0, 0.05) is 6.04 Å². The van der Waals surface area contributed by atoms with Crippen LogP contribution in [0.1, 0.15) is 34.6 Å². The Bertz CT molecular complexity index is 342. The summed E-state index contributed by atoms with van der Waals surface area (Å²) in [5.41, 5.74) is 5.38. The van der Waals surface area contributed by atoms with E-state index in [0.717, 1.165) is 0 Å². The van der Waals surface area contributed by atoms with Crippen molar-refractivity contribution in [2.24, 2.45) is 5.73 Å². The third-order valence-corrected chi connectivity index (χ3v) is 2.35. The molecule has 0 aromatic carbocycles. The predicted octanol–water partition coefficient (Wildman–Crippen LogP) is -1.13. The predicted molar refractivity (Wildman–Crippen MR) is 72.1 cm³/mol. The van der Waals surface area contributed by atoms with Gasteiger partial charge in [-0.3, -0.25) is 14.4 Å². The molecule has 110 valence electrons. The molecule has 7 heteroatoms. The molecule has 0 fully saturated rings. The van der Waals surface area contributed by atoms with Crippen molar-refractivity contribution in [2.75, 3.05) is 0 Å². The summed E-state index contributed by atoms with van der Waals surface area (Å²) in [6.07, 6.45) is 0. The second kappa shape index (κ2) is 7.73. The molecule has 0 aliphatic heterocycles. The zero-order valence-corrected chi connectivity index (χ0v) is 12.1. The minimum atomic E-state index is -0.743. The third kappa shape index (κ3) is 6.76. The van der Waals surface area contributed by atoms with E-state index in [2.05, 4.69) is 16.0 Å². The summed E-state index contributed by atoms with van der Waals surface area (Å²) in [6.45, 7) is 8.30. The molecule has 0 saturated heterocycles. The summed E-state index contributed by atoms with van der Waals surface area (Å²) in [5, 5.41) is 7.66. The van der Waals surface area contributed by atoms with Gasteiger partial charge in [0.05, 0.1) is 6.04 Å². The van der Waals surface area contributed by atoms with E-state index in [4.69, 9.17) is 5.73 Å². The second-order valence-corrected chi connectivity index (χ2v) is 4.91. The second-order valence-electron chi connectivity index (χ2n) is 4.91. The topological polar surface area (TPSA) is 113 Å². The lowest BCUT2D eigenvalue weighted by molar-refractivity contribution is -0.131. The molecule has 0 spiro atoms. The number of rotatable bonds is 6. The van der Waals surface area contributed by atoms with Crippen LogP contribution in [0.5, 0.6) is 0 Å². The molecule has 0 radical (unpaired) electrons. The van der Waals surface area contributed by atoms with Crippen LogP contribution in [-0.4, -0.2) is 41.9 Å². The minimum absolute atomic E-state index is 0.00191. The fourth-order valence-electron chi connectivity index (χ4n) is 1.22. The van der Waals surface area contributed by atoms with E-state index in [1.54, 1.807) is 6.92 Å². The summed E-state index contributed by atoms with van der Waals surface area (Å²) in [6, 6.07) is -2.09. The van der Waals surface area contributed by atoms with E-state index in [0.29, 0.717) is 0 Å². The van der Waals surface area contributed by atoms with Gasteiger partial charge in [0.25, 0.3) is 0 Å². The highest BCUT2D eigenvalue weighted by Crippen LogP contribution is 1.90. The van der Waals surface area contributed by atoms with Crippen LogP contribution in [-0.2, 0) is 14.4 Å². The highest BCUT2D eigenvalue weighted by atomic mass is 16.2. The van der Waals surface area contributed by atoms with E-state index in [1.165, 1.54) is 13.8 Å². The summed E-state index contributed by atoms with van der Waals surface area (Å²) < 4.78 is 0. The minimum Gasteiger partial charge on any atom is -0.352 e. The van der Waals surface area contributed by atoms with E-state index in [-0.39, 0.29) is 11.9 Å². The lowest BCUT2D eigenvalue weighted by Crippen LogP contribution is -2.54. The van der Waals surface area contributed by atoms with Gasteiger partial charge in [-0.1, -0.05) is 0 Å². The first-order valence-corrected chi connectivity index (χ1v) is 6.31. The molecule has 0 aliphatic carbocycles. The van der Waals surface area contributed by atoms with E-state index >= 15 is 0 Å². The zero-order valence-electron chi connectivity index (χ0n) is 12.1. The molecule has 5 N–H and O–H groups in total. The Hall–Kier alpha value is -1.63. The highest BCUT2D eigenvalue weighted by molar-refractivity contribution is 5.92. The maximum absolute atomic E-state index is 11.8. The summed E-state index contributed by atoms with van der Waals surface area (Å²) in [4.78, 5) is 34.7. The van der Waals surface area contributed by atoms with E-state index < -0.39 is 29.9 Å². The van der Waals surface area contributed by atoms with Crippen LogP contribution < -0.4 is 21.7 Å². The highest BCUT2D eigenvalue weighted by Gasteiger charge is 2.21. The number of hydrogen-bond acceptors (Lipinski definition) is 4. The third-order valence-electron chi connectivity index (χ3n) is 2.35. The fourth-order valence-corrected chi connectivity index (χ4v) is 1.22. The van der Waals surface area contributed by atoms with Crippen LogP contribution >= 0.6 is 0 Å². The molecule has 0 bridgehead atoms. The maximum Gasteiger partial charge on any atom is 0.242 e. The first-order chi connectivity index (χ1) is 8.65. The molecular weight excluding hydrogens is 248 g/mol. The van der Waals surface area contributed by atoms with Crippen molar-refractivity contribution in [1.82, 2.24) is 16.0 Å². The van der Waals surface area contributed by atoms with Crippen molar-refractivity contribution in [2.45, 2.75) is 58.8 Å². The molecule has 0 aromatic rings. The summed E-state index contributed by atoms with van der Waals surface area (Å²) >= 11 is 0. The van der Waals surface area contributed by atoms with Crippen molar-refractivity contribution in [1.29, 1.82) is 0 Å². The molecular formula is C12H24N4O3. The Balaban J connectivity index is 4.29. The van der Waals surface area contributed by atoms with Crippen LogP contribution in [0.15, 0.2) is 0 Å². The number of nitrogens with one attached hydrogen (secondary N) is 3. The Morgan fingerprint density at radius 2 is 1.11 bits per heavy atom. The largest absolute Gasteiger partial charge is 0.352 e. The smallest absolute Gasteiger partial charge is 0.242 e.